The number of benzene rings is 1. The van der Waals surface area contributed by atoms with Crippen molar-refractivity contribution in [2.24, 2.45) is 0 Å². The molecule has 2 nitrogen and oxygen atoms in total. The van der Waals surface area contributed by atoms with Gasteiger partial charge in [-0.25, -0.2) is 0 Å². The highest BCUT2D eigenvalue weighted by molar-refractivity contribution is 9.09. The molecule has 0 bridgehead atoms. The van der Waals surface area contributed by atoms with Crippen molar-refractivity contribution in [2.75, 3.05) is 12.3 Å². The molecule has 94 valence electrons. The van der Waals surface area contributed by atoms with Gasteiger partial charge in [0.05, 0.1) is 5.75 Å². The zero-order valence-corrected chi connectivity index (χ0v) is 12.4. The number of carbonyl (C=O) groups excluding carboxylic acids is 1. The fourth-order valence-corrected chi connectivity index (χ4v) is 2.27. The molecule has 0 aliphatic heterocycles. The molecule has 0 radical (unpaired) electrons. The third kappa shape index (κ3) is 6.74. The predicted molar refractivity (Wildman–Crippen MR) is 77.8 cm³/mol. The van der Waals surface area contributed by atoms with Crippen molar-refractivity contribution >= 4 is 33.6 Å². The summed E-state index contributed by atoms with van der Waals surface area (Å²) in [6, 6.07) is 9.98. The fraction of sp³-hybridized carbons (Fsp3) is 0.462. The Morgan fingerprint density at radius 1 is 1.41 bits per heavy atom. The van der Waals surface area contributed by atoms with Crippen LogP contribution in [0.3, 0.4) is 0 Å². The summed E-state index contributed by atoms with van der Waals surface area (Å²) in [4.78, 5) is 13.2. The van der Waals surface area contributed by atoms with Crippen molar-refractivity contribution in [3.05, 3.63) is 30.3 Å². The number of rotatable bonds is 7. The number of thioether (sulfide) groups is 1. The monoisotopic (exact) mass is 315 g/mol. The molecule has 0 fully saturated rings. The van der Waals surface area contributed by atoms with Crippen LogP contribution in [0.4, 0.5) is 0 Å². The minimum Gasteiger partial charge on any atom is -0.355 e. The molecule has 1 aromatic rings. The van der Waals surface area contributed by atoms with Crippen molar-refractivity contribution in [2.45, 2.75) is 29.5 Å². The maximum atomic E-state index is 11.5. The van der Waals surface area contributed by atoms with E-state index in [2.05, 4.69) is 28.2 Å². The van der Waals surface area contributed by atoms with E-state index >= 15 is 0 Å². The summed E-state index contributed by atoms with van der Waals surface area (Å²) < 4.78 is 0. The van der Waals surface area contributed by atoms with E-state index in [9.17, 15) is 4.79 Å². The maximum Gasteiger partial charge on any atom is 0.230 e. The highest BCUT2D eigenvalue weighted by Crippen LogP contribution is 2.16. The van der Waals surface area contributed by atoms with E-state index < -0.39 is 0 Å². The fourth-order valence-electron chi connectivity index (χ4n) is 1.29. The second-order valence-electron chi connectivity index (χ2n) is 3.75. The van der Waals surface area contributed by atoms with Gasteiger partial charge in [-0.05, 0) is 25.0 Å². The molecular formula is C13H18BrNOS. The zero-order chi connectivity index (χ0) is 12.5. The van der Waals surface area contributed by atoms with Crippen LogP contribution in [0, 0.1) is 0 Å². The third-order valence-corrected chi connectivity index (χ3v) is 4.45. The van der Waals surface area contributed by atoms with E-state index in [1.807, 2.05) is 30.3 Å². The first-order chi connectivity index (χ1) is 8.22. The van der Waals surface area contributed by atoms with E-state index in [-0.39, 0.29) is 5.91 Å². The molecule has 1 rings (SSSR count). The van der Waals surface area contributed by atoms with Crippen molar-refractivity contribution in [3.63, 3.8) is 0 Å². The standard InChI is InChI=1S/C13H18BrNOS/c1-2-11(14)8-9-15-13(16)10-17-12-6-4-3-5-7-12/h3-7,11H,2,8-10H2,1H3,(H,15,16). The van der Waals surface area contributed by atoms with Crippen LogP contribution in [-0.2, 0) is 4.79 Å². The van der Waals surface area contributed by atoms with Crippen molar-refractivity contribution < 1.29 is 4.79 Å². The molecule has 1 aromatic carbocycles. The third-order valence-electron chi connectivity index (χ3n) is 2.34. The molecule has 1 amide bonds. The quantitative estimate of drug-likeness (QED) is 0.616. The molecule has 17 heavy (non-hydrogen) atoms. The Kier molecular flexibility index (Phi) is 7.37. The summed E-state index contributed by atoms with van der Waals surface area (Å²) in [6.45, 7) is 2.88. The number of halogens is 1. The molecule has 0 aliphatic rings. The summed E-state index contributed by atoms with van der Waals surface area (Å²) in [6.07, 6.45) is 2.08. The first-order valence-electron chi connectivity index (χ1n) is 5.81. The van der Waals surface area contributed by atoms with Gasteiger partial charge >= 0.3 is 0 Å². The average Bonchev–Trinajstić information content (AvgIpc) is 2.37. The Morgan fingerprint density at radius 2 is 2.12 bits per heavy atom. The lowest BCUT2D eigenvalue weighted by Crippen LogP contribution is -2.27. The van der Waals surface area contributed by atoms with Crippen molar-refractivity contribution in [1.82, 2.24) is 5.32 Å². The summed E-state index contributed by atoms with van der Waals surface area (Å²) in [5.74, 6) is 0.595. The van der Waals surface area contributed by atoms with E-state index in [1.165, 1.54) is 0 Å². The van der Waals surface area contributed by atoms with Gasteiger partial charge in [0, 0.05) is 16.3 Å². The van der Waals surface area contributed by atoms with Gasteiger partial charge < -0.3 is 5.32 Å². The second kappa shape index (κ2) is 8.59. The van der Waals surface area contributed by atoms with Crippen LogP contribution < -0.4 is 5.32 Å². The number of alkyl halides is 1. The molecule has 4 heteroatoms. The molecule has 0 aromatic heterocycles. The van der Waals surface area contributed by atoms with Crippen LogP contribution in [-0.4, -0.2) is 23.0 Å². The summed E-state index contributed by atoms with van der Waals surface area (Å²) in [5.41, 5.74) is 0. The Bertz CT molecular complexity index is 331. The number of nitrogens with one attached hydrogen (secondary N) is 1. The predicted octanol–water partition coefficient (Wildman–Crippen LogP) is 3.46. The van der Waals surface area contributed by atoms with Gasteiger partial charge in [0.15, 0.2) is 0 Å². The first-order valence-corrected chi connectivity index (χ1v) is 7.71. The maximum absolute atomic E-state index is 11.5. The SMILES string of the molecule is CCC(Br)CCNC(=O)CSc1ccccc1. The van der Waals surface area contributed by atoms with Crippen LogP contribution >= 0.6 is 27.7 Å². The van der Waals surface area contributed by atoms with Gasteiger partial charge in [0.2, 0.25) is 5.91 Å². The number of amides is 1. The van der Waals surface area contributed by atoms with Crippen LogP contribution in [0.2, 0.25) is 0 Å². The van der Waals surface area contributed by atoms with E-state index in [0.717, 1.165) is 24.3 Å². The molecule has 1 atom stereocenters. The van der Waals surface area contributed by atoms with Crippen LogP contribution in [0.5, 0.6) is 0 Å². The highest BCUT2D eigenvalue weighted by atomic mass is 79.9. The van der Waals surface area contributed by atoms with Crippen LogP contribution in [0.15, 0.2) is 35.2 Å². The Hall–Kier alpha value is -0.480. The summed E-state index contributed by atoms with van der Waals surface area (Å²) >= 11 is 5.12. The molecule has 1 N–H and O–H groups in total. The van der Waals surface area contributed by atoms with Crippen molar-refractivity contribution in [3.8, 4) is 0 Å². The topological polar surface area (TPSA) is 29.1 Å². The molecule has 0 heterocycles. The van der Waals surface area contributed by atoms with Gasteiger partial charge in [-0.3, -0.25) is 4.79 Å². The highest BCUT2D eigenvalue weighted by Gasteiger charge is 2.04. The van der Waals surface area contributed by atoms with Crippen LogP contribution in [0.1, 0.15) is 19.8 Å². The second-order valence-corrected chi connectivity index (χ2v) is 6.09. The molecule has 0 saturated heterocycles. The Labute approximate surface area is 116 Å². The molecule has 1 unspecified atom stereocenters. The lowest BCUT2D eigenvalue weighted by atomic mass is 10.2. The summed E-state index contributed by atoms with van der Waals surface area (Å²) in [7, 11) is 0. The van der Waals surface area contributed by atoms with E-state index in [1.54, 1.807) is 11.8 Å². The van der Waals surface area contributed by atoms with Crippen molar-refractivity contribution in [1.29, 1.82) is 0 Å². The zero-order valence-electron chi connectivity index (χ0n) is 9.99. The lowest BCUT2D eigenvalue weighted by molar-refractivity contribution is -0.118. The van der Waals surface area contributed by atoms with Gasteiger partial charge in [-0.1, -0.05) is 41.1 Å². The number of carbonyl (C=O) groups is 1. The number of hydrogen-bond acceptors (Lipinski definition) is 2. The van der Waals surface area contributed by atoms with E-state index in [0.29, 0.717) is 10.6 Å². The molecule has 0 spiro atoms. The minimum absolute atomic E-state index is 0.106. The normalized spacial score (nSPS) is 12.1. The lowest BCUT2D eigenvalue weighted by Gasteiger charge is -2.08. The van der Waals surface area contributed by atoms with E-state index in [4.69, 9.17) is 0 Å². The Morgan fingerprint density at radius 3 is 2.76 bits per heavy atom. The Balaban J connectivity index is 2.13. The molecule has 0 saturated carbocycles. The average molecular weight is 316 g/mol. The summed E-state index contributed by atoms with van der Waals surface area (Å²) in [5, 5.41) is 2.93. The number of hydrogen-bond donors (Lipinski definition) is 1. The van der Waals surface area contributed by atoms with Crippen LogP contribution in [0.25, 0.3) is 0 Å². The smallest absolute Gasteiger partial charge is 0.230 e. The minimum atomic E-state index is 0.106. The largest absolute Gasteiger partial charge is 0.355 e. The van der Waals surface area contributed by atoms with Gasteiger partial charge in [0.1, 0.15) is 0 Å². The van der Waals surface area contributed by atoms with Gasteiger partial charge in [-0.2, -0.15) is 0 Å². The molecule has 0 aliphatic carbocycles. The first kappa shape index (κ1) is 14.6. The van der Waals surface area contributed by atoms with Gasteiger partial charge in [0.25, 0.3) is 0 Å². The van der Waals surface area contributed by atoms with Gasteiger partial charge in [-0.15, -0.1) is 11.8 Å². The molecular weight excluding hydrogens is 298 g/mol.